The fourth-order valence-corrected chi connectivity index (χ4v) is 7.81. The molecule has 0 fully saturated rings. The van der Waals surface area contributed by atoms with Gasteiger partial charge < -0.3 is 10.6 Å². The summed E-state index contributed by atoms with van der Waals surface area (Å²) in [5.74, 6) is 1.62. The van der Waals surface area contributed by atoms with Gasteiger partial charge >= 0.3 is 0 Å². The highest BCUT2D eigenvalue weighted by Crippen LogP contribution is 2.37. The van der Waals surface area contributed by atoms with Crippen LogP contribution in [-0.4, -0.2) is 17.4 Å². The molecule has 2 aliphatic rings. The van der Waals surface area contributed by atoms with E-state index in [1.54, 1.807) is 0 Å². The molecule has 58 heavy (non-hydrogen) atoms. The molecule has 0 aliphatic carbocycles. The van der Waals surface area contributed by atoms with Crippen molar-refractivity contribution in [3.8, 4) is 22.3 Å². The highest BCUT2D eigenvalue weighted by Gasteiger charge is 2.22. The maximum absolute atomic E-state index is 5.10. The van der Waals surface area contributed by atoms with E-state index in [0.717, 1.165) is 62.0 Å². The van der Waals surface area contributed by atoms with Crippen molar-refractivity contribution in [2.45, 2.75) is 12.3 Å². The minimum atomic E-state index is -0.371. The lowest BCUT2D eigenvalue weighted by atomic mass is 9.91. The second kappa shape index (κ2) is 15.5. The van der Waals surface area contributed by atoms with Crippen molar-refractivity contribution in [2.24, 2.45) is 15.0 Å². The van der Waals surface area contributed by atoms with Crippen LogP contribution in [0.2, 0.25) is 0 Å². The number of hydrogen-bond donors (Lipinski definition) is 2. The van der Waals surface area contributed by atoms with Crippen molar-refractivity contribution in [2.75, 3.05) is 0 Å². The zero-order valence-corrected chi connectivity index (χ0v) is 31.7. The van der Waals surface area contributed by atoms with Gasteiger partial charge in [0, 0.05) is 16.8 Å². The summed E-state index contributed by atoms with van der Waals surface area (Å²) in [5, 5.41) is 9.60. The summed E-state index contributed by atoms with van der Waals surface area (Å²) in [4.78, 5) is 15.2. The van der Waals surface area contributed by atoms with Crippen LogP contribution in [0.4, 0.5) is 0 Å². The molecule has 2 heterocycles. The Bertz CT molecular complexity index is 2790. The molecule has 0 aromatic heterocycles. The van der Waals surface area contributed by atoms with Crippen LogP contribution in [-0.2, 0) is 0 Å². The van der Waals surface area contributed by atoms with Gasteiger partial charge in [0.2, 0.25) is 0 Å². The minimum Gasteiger partial charge on any atom is -0.360 e. The highest BCUT2D eigenvalue weighted by molar-refractivity contribution is 6.16. The molecule has 8 aromatic carbocycles. The molecule has 276 valence electrons. The number of amidine groups is 2. The molecule has 1 unspecified atom stereocenters. The lowest BCUT2D eigenvalue weighted by molar-refractivity contribution is 0.664. The Labute approximate surface area is 338 Å². The first-order chi connectivity index (χ1) is 28.7. The van der Waals surface area contributed by atoms with Crippen molar-refractivity contribution in [3.05, 3.63) is 246 Å². The first kappa shape index (κ1) is 34.8. The lowest BCUT2D eigenvalue weighted by Crippen LogP contribution is -2.35. The summed E-state index contributed by atoms with van der Waals surface area (Å²) in [6, 6.07) is 72.1. The summed E-state index contributed by atoms with van der Waals surface area (Å²) >= 11 is 0. The number of rotatable bonds is 8. The Morgan fingerprint density at radius 2 is 0.793 bits per heavy atom. The van der Waals surface area contributed by atoms with Gasteiger partial charge in [-0.3, -0.25) is 4.99 Å². The maximum atomic E-state index is 5.10. The molecular formula is C53H39N5. The average Bonchev–Trinajstić information content (AvgIpc) is 3.32. The fraction of sp³-hybridized carbons (Fsp3) is 0.0377. The monoisotopic (exact) mass is 745 g/mol. The summed E-state index contributed by atoms with van der Waals surface area (Å²) in [5.41, 5.74) is 13.1. The topological polar surface area (TPSA) is 61.1 Å². The van der Waals surface area contributed by atoms with Crippen LogP contribution < -0.4 is 10.6 Å². The van der Waals surface area contributed by atoms with Gasteiger partial charge in [-0.15, -0.1) is 0 Å². The molecule has 0 amide bonds. The molecule has 0 saturated heterocycles. The SMILES string of the molecule is C1=C(c2ccc(-c3ccc(-c4ccc(C5N=C(c6ccccc6)NC(c6ccccc6)=N5)cc4)c4ccccc34)cc2)NC(c2ccccc2)N=C1c1ccccc1. The zero-order valence-electron chi connectivity index (χ0n) is 31.7. The molecule has 8 aromatic rings. The third kappa shape index (κ3) is 7.02. The Balaban J connectivity index is 0.950. The number of aliphatic imine (C=N–C) groups is 3. The van der Waals surface area contributed by atoms with Crippen LogP contribution in [0.3, 0.4) is 0 Å². The predicted octanol–water partition coefficient (Wildman–Crippen LogP) is 11.8. The van der Waals surface area contributed by atoms with Gasteiger partial charge in [-0.2, -0.15) is 0 Å². The molecular weight excluding hydrogens is 707 g/mol. The number of fused-ring (bicyclic) bond motifs is 1. The Morgan fingerprint density at radius 1 is 0.345 bits per heavy atom. The van der Waals surface area contributed by atoms with Gasteiger partial charge in [0.1, 0.15) is 17.8 Å². The van der Waals surface area contributed by atoms with Gasteiger partial charge in [0.05, 0.1) is 5.71 Å². The van der Waals surface area contributed by atoms with E-state index in [1.807, 2.05) is 48.5 Å². The highest BCUT2D eigenvalue weighted by atomic mass is 15.2. The first-order valence-corrected chi connectivity index (χ1v) is 19.7. The summed E-state index contributed by atoms with van der Waals surface area (Å²) in [7, 11) is 0. The number of benzene rings is 8. The molecule has 10 rings (SSSR count). The Morgan fingerprint density at radius 3 is 1.33 bits per heavy atom. The van der Waals surface area contributed by atoms with Crippen molar-refractivity contribution < 1.29 is 0 Å². The van der Waals surface area contributed by atoms with Gasteiger partial charge in [0.15, 0.2) is 6.17 Å². The minimum absolute atomic E-state index is 0.180. The Hall–Kier alpha value is -7.63. The van der Waals surface area contributed by atoms with Gasteiger partial charge in [0.25, 0.3) is 0 Å². The van der Waals surface area contributed by atoms with Crippen LogP contribution in [0.25, 0.3) is 38.7 Å². The van der Waals surface area contributed by atoms with Crippen LogP contribution in [0.5, 0.6) is 0 Å². The molecule has 0 bridgehead atoms. The second-order valence-electron chi connectivity index (χ2n) is 14.5. The van der Waals surface area contributed by atoms with Gasteiger partial charge in [-0.05, 0) is 61.4 Å². The summed E-state index contributed by atoms with van der Waals surface area (Å²) in [6.07, 6.45) is 1.61. The van der Waals surface area contributed by atoms with Crippen molar-refractivity contribution >= 4 is 33.9 Å². The molecule has 0 saturated carbocycles. The second-order valence-corrected chi connectivity index (χ2v) is 14.5. The van der Waals surface area contributed by atoms with Gasteiger partial charge in [-0.25, -0.2) is 9.98 Å². The van der Waals surface area contributed by atoms with E-state index < -0.39 is 0 Å². The zero-order chi connectivity index (χ0) is 38.7. The third-order valence-corrected chi connectivity index (χ3v) is 10.8. The summed E-state index contributed by atoms with van der Waals surface area (Å²) in [6.45, 7) is 0. The summed E-state index contributed by atoms with van der Waals surface area (Å²) < 4.78 is 0. The molecule has 5 heteroatoms. The quantitative estimate of drug-likeness (QED) is 0.163. The smallest absolute Gasteiger partial charge is 0.169 e. The largest absolute Gasteiger partial charge is 0.360 e. The first-order valence-electron chi connectivity index (χ1n) is 19.7. The predicted molar refractivity (Wildman–Crippen MR) is 240 cm³/mol. The molecule has 0 radical (unpaired) electrons. The standard InChI is InChI=1S/C53H39N5/c1-5-15-38(16-6-1)48-35-49(55-50(54-48)40-17-7-2-8-18-40)39-29-25-36(26-30-39)44-33-34-45(47-24-14-13-23-46(44)47)37-27-31-43(32-28-37)53-57-51(41-19-9-3-10-20-41)56-52(58-53)42-21-11-4-12-22-42/h1-35,50,53,55H,(H,56,57,58). The van der Waals surface area contributed by atoms with Crippen LogP contribution in [0.15, 0.2) is 227 Å². The van der Waals surface area contributed by atoms with Crippen molar-refractivity contribution in [3.63, 3.8) is 0 Å². The molecule has 0 spiro atoms. The number of allylic oxidation sites excluding steroid dienone is 1. The molecule has 2 aliphatic heterocycles. The average molecular weight is 746 g/mol. The molecule has 5 nitrogen and oxygen atoms in total. The van der Waals surface area contributed by atoms with Crippen molar-refractivity contribution in [1.82, 2.24) is 10.6 Å². The Kier molecular flexibility index (Phi) is 9.30. The normalized spacial score (nSPS) is 15.3. The maximum Gasteiger partial charge on any atom is 0.169 e. The third-order valence-electron chi connectivity index (χ3n) is 10.8. The lowest BCUT2D eigenvalue weighted by Gasteiger charge is -2.25. The van der Waals surface area contributed by atoms with E-state index in [2.05, 4.69) is 174 Å². The van der Waals surface area contributed by atoms with E-state index in [0.29, 0.717) is 0 Å². The van der Waals surface area contributed by atoms with Crippen molar-refractivity contribution in [1.29, 1.82) is 0 Å². The van der Waals surface area contributed by atoms with E-state index in [4.69, 9.17) is 15.0 Å². The van der Waals surface area contributed by atoms with E-state index in [9.17, 15) is 0 Å². The van der Waals surface area contributed by atoms with Crippen LogP contribution >= 0.6 is 0 Å². The van der Waals surface area contributed by atoms with Crippen LogP contribution in [0.1, 0.15) is 45.7 Å². The number of hydrogen-bond acceptors (Lipinski definition) is 5. The van der Waals surface area contributed by atoms with Gasteiger partial charge in [-0.1, -0.05) is 206 Å². The van der Waals surface area contributed by atoms with E-state index in [1.165, 1.54) is 27.5 Å². The number of nitrogens with zero attached hydrogens (tertiary/aromatic N) is 3. The fourth-order valence-electron chi connectivity index (χ4n) is 7.81. The molecule has 1 atom stereocenters. The van der Waals surface area contributed by atoms with E-state index >= 15 is 0 Å². The van der Waals surface area contributed by atoms with Crippen LogP contribution in [0, 0.1) is 0 Å². The number of nitrogens with one attached hydrogen (secondary N) is 2. The molecule has 2 N–H and O–H groups in total. The van der Waals surface area contributed by atoms with E-state index in [-0.39, 0.29) is 12.3 Å².